The number of rotatable bonds is 0. The number of nitrogen functional groups attached to an aromatic ring is 1. The molecule has 20 heavy (non-hydrogen) atoms. The maximum Gasteiger partial charge on any atom is 0.127 e. The van der Waals surface area contributed by atoms with E-state index in [0.29, 0.717) is 5.82 Å². The van der Waals surface area contributed by atoms with Crippen LogP contribution in [0.25, 0.3) is 21.7 Å². The lowest BCUT2D eigenvalue weighted by Gasteiger charge is -2.21. The summed E-state index contributed by atoms with van der Waals surface area (Å²) in [7, 11) is 0. The van der Waals surface area contributed by atoms with E-state index in [4.69, 9.17) is 5.73 Å². The molecule has 0 spiro atoms. The van der Waals surface area contributed by atoms with Crippen LogP contribution in [0.5, 0.6) is 0 Å². The molecule has 0 bridgehead atoms. The van der Waals surface area contributed by atoms with Crippen molar-refractivity contribution in [1.29, 1.82) is 0 Å². The van der Waals surface area contributed by atoms with E-state index < -0.39 is 0 Å². The van der Waals surface area contributed by atoms with Crippen LogP contribution in [0.2, 0.25) is 0 Å². The highest BCUT2D eigenvalue weighted by atomic mass is 79.9. The van der Waals surface area contributed by atoms with Gasteiger partial charge in [0, 0.05) is 20.8 Å². The largest absolute Gasteiger partial charge is 0.383 e. The molecule has 0 amide bonds. The molecule has 0 saturated carbocycles. The molecule has 3 rings (SSSR count). The molecular weight excluding hydrogens is 312 g/mol. The quantitative estimate of drug-likeness (QED) is 0.588. The van der Waals surface area contributed by atoms with Gasteiger partial charge in [0.05, 0.1) is 5.52 Å². The Morgan fingerprint density at radius 2 is 1.70 bits per heavy atom. The van der Waals surface area contributed by atoms with Gasteiger partial charge in [-0.15, -0.1) is 0 Å². The number of halogens is 1. The van der Waals surface area contributed by atoms with Gasteiger partial charge >= 0.3 is 0 Å². The molecule has 2 aromatic carbocycles. The zero-order valence-electron chi connectivity index (χ0n) is 11.9. The highest BCUT2D eigenvalue weighted by molar-refractivity contribution is 9.10. The van der Waals surface area contributed by atoms with E-state index >= 15 is 0 Å². The molecule has 0 aliphatic heterocycles. The summed E-state index contributed by atoms with van der Waals surface area (Å²) in [4.78, 5) is 4.67. The highest BCUT2D eigenvalue weighted by Gasteiger charge is 2.19. The molecule has 102 valence electrons. The van der Waals surface area contributed by atoms with Crippen molar-refractivity contribution in [2.75, 3.05) is 5.73 Å². The highest BCUT2D eigenvalue weighted by Crippen LogP contribution is 2.35. The van der Waals surface area contributed by atoms with Crippen molar-refractivity contribution >= 4 is 43.4 Å². The summed E-state index contributed by atoms with van der Waals surface area (Å²) < 4.78 is 1.09. The van der Waals surface area contributed by atoms with Crippen molar-refractivity contribution in [3.8, 4) is 0 Å². The van der Waals surface area contributed by atoms with Crippen LogP contribution in [-0.4, -0.2) is 4.98 Å². The number of fused-ring (bicyclic) bond motifs is 3. The Morgan fingerprint density at radius 1 is 1.05 bits per heavy atom. The Bertz CT molecular complexity index is 816. The van der Waals surface area contributed by atoms with Crippen LogP contribution in [0, 0.1) is 0 Å². The molecule has 2 N–H and O–H groups in total. The Hall–Kier alpha value is -1.61. The first kappa shape index (κ1) is 13.4. The third-order valence-electron chi connectivity index (χ3n) is 3.61. The van der Waals surface area contributed by atoms with Crippen LogP contribution >= 0.6 is 15.9 Å². The normalized spacial score (nSPS) is 12.2. The molecule has 2 nitrogen and oxygen atoms in total. The Morgan fingerprint density at radius 3 is 2.35 bits per heavy atom. The van der Waals surface area contributed by atoms with E-state index in [1.165, 1.54) is 0 Å². The fourth-order valence-corrected chi connectivity index (χ4v) is 3.17. The molecule has 0 radical (unpaired) electrons. The van der Waals surface area contributed by atoms with Crippen molar-refractivity contribution in [2.45, 2.75) is 26.2 Å². The number of hydrogen-bond acceptors (Lipinski definition) is 2. The van der Waals surface area contributed by atoms with Gasteiger partial charge in [0.15, 0.2) is 0 Å². The van der Waals surface area contributed by atoms with Crippen LogP contribution in [-0.2, 0) is 5.41 Å². The standard InChI is InChI=1S/C17H17BrN2/c1-17(2,3)13-8-10-9-14(18)11-6-4-5-7-12(11)15(10)20-16(13)19/h4-9H,1-3H3,(H2,19,20). The van der Waals surface area contributed by atoms with Crippen LogP contribution in [0.4, 0.5) is 5.82 Å². The summed E-state index contributed by atoms with van der Waals surface area (Å²) in [6, 6.07) is 12.5. The van der Waals surface area contributed by atoms with Crippen LogP contribution in [0.15, 0.2) is 40.9 Å². The molecule has 0 atom stereocenters. The number of hydrogen-bond donors (Lipinski definition) is 1. The maximum absolute atomic E-state index is 6.18. The lowest BCUT2D eigenvalue weighted by molar-refractivity contribution is 0.591. The van der Waals surface area contributed by atoms with E-state index in [1.807, 2.05) is 12.1 Å². The molecule has 3 aromatic rings. The van der Waals surface area contributed by atoms with Gasteiger partial charge in [-0.3, -0.25) is 0 Å². The molecule has 1 aromatic heterocycles. The van der Waals surface area contributed by atoms with Crippen LogP contribution < -0.4 is 5.73 Å². The van der Waals surface area contributed by atoms with Crippen molar-refractivity contribution in [2.24, 2.45) is 0 Å². The van der Waals surface area contributed by atoms with Crippen LogP contribution in [0.3, 0.4) is 0 Å². The van der Waals surface area contributed by atoms with Gasteiger partial charge in [-0.25, -0.2) is 4.98 Å². The molecule has 0 unspecified atom stereocenters. The monoisotopic (exact) mass is 328 g/mol. The lowest BCUT2D eigenvalue weighted by atomic mass is 9.86. The summed E-state index contributed by atoms with van der Waals surface area (Å²) in [6.45, 7) is 6.47. The smallest absolute Gasteiger partial charge is 0.127 e. The summed E-state index contributed by atoms with van der Waals surface area (Å²) in [6.07, 6.45) is 0. The predicted molar refractivity (Wildman–Crippen MR) is 90.1 cm³/mol. The van der Waals surface area contributed by atoms with E-state index in [0.717, 1.165) is 31.7 Å². The van der Waals surface area contributed by atoms with Gasteiger partial charge in [-0.2, -0.15) is 0 Å². The van der Waals surface area contributed by atoms with Crippen molar-refractivity contribution in [1.82, 2.24) is 4.98 Å². The number of anilines is 1. The number of nitrogens with zero attached hydrogens (tertiary/aromatic N) is 1. The molecule has 3 heteroatoms. The number of benzene rings is 2. The van der Waals surface area contributed by atoms with Crippen molar-refractivity contribution in [3.05, 3.63) is 46.4 Å². The van der Waals surface area contributed by atoms with Gasteiger partial charge in [-0.1, -0.05) is 61.0 Å². The topological polar surface area (TPSA) is 38.9 Å². The average Bonchev–Trinajstić information content (AvgIpc) is 2.38. The van der Waals surface area contributed by atoms with E-state index in [1.54, 1.807) is 0 Å². The molecule has 0 aliphatic rings. The van der Waals surface area contributed by atoms with E-state index in [9.17, 15) is 0 Å². The fourth-order valence-electron chi connectivity index (χ4n) is 2.58. The van der Waals surface area contributed by atoms with E-state index in [2.05, 4.69) is 66.0 Å². The first-order valence-electron chi connectivity index (χ1n) is 6.66. The Balaban J connectivity index is 2.46. The summed E-state index contributed by atoms with van der Waals surface area (Å²) in [5.74, 6) is 0.623. The van der Waals surface area contributed by atoms with Gasteiger partial charge in [0.25, 0.3) is 0 Å². The van der Waals surface area contributed by atoms with Gasteiger partial charge in [0.1, 0.15) is 5.82 Å². The van der Waals surface area contributed by atoms with E-state index in [-0.39, 0.29) is 5.41 Å². The third-order valence-corrected chi connectivity index (χ3v) is 4.27. The second-order valence-electron chi connectivity index (χ2n) is 6.15. The summed E-state index contributed by atoms with van der Waals surface area (Å²) in [5, 5.41) is 3.41. The molecule has 0 fully saturated rings. The number of aromatic nitrogens is 1. The van der Waals surface area contributed by atoms with Crippen molar-refractivity contribution in [3.63, 3.8) is 0 Å². The second kappa shape index (κ2) is 4.45. The van der Waals surface area contributed by atoms with Gasteiger partial charge in [-0.05, 0) is 22.9 Å². The minimum atomic E-state index is -0.0105. The third kappa shape index (κ3) is 2.06. The summed E-state index contributed by atoms with van der Waals surface area (Å²) >= 11 is 3.65. The first-order chi connectivity index (χ1) is 9.38. The second-order valence-corrected chi connectivity index (χ2v) is 7.00. The van der Waals surface area contributed by atoms with Crippen LogP contribution in [0.1, 0.15) is 26.3 Å². The average molecular weight is 329 g/mol. The zero-order valence-corrected chi connectivity index (χ0v) is 13.5. The SMILES string of the molecule is CC(C)(C)c1cc2cc(Br)c3ccccc3c2nc1N. The minimum absolute atomic E-state index is 0.0105. The minimum Gasteiger partial charge on any atom is -0.383 e. The zero-order chi connectivity index (χ0) is 14.5. The van der Waals surface area contributed by atoms with Gasteiger partial charge in [0.2, 0.25) is 0 Å². The molecule has 1 heterocycles. The Kier molecular flexibility index (Phi) is 2.98. The van der Waals surface area contributed by atoms with Crippen molar-refractivity contribution < 1.29 is 0 Å². The summed E-state index contributed by atoms with van der Waals surface area (Å²) in [5.41, 5.74) is 8.23. The fraction of sp³-hybridized carbons (Fsp3) is 0.235. The Labute approximate surface area is 127 Å². The predicted octanol–water partition coefficient (Wildman–Crippen LogP) is 5.03. The lowest BCUT2D eigenvalue weighted by Crippen LogP contribution is -2.15. The number of pyridine rings is 1. The molecular formula is C17H17BrN2. The van der Waals surface area contributed by atoms with Gasteiger partial charge < -0.3 is 5.73 Å². The maximum atomic E-state index is 6.18. The number of nitrogens with two attached hydrogens (primary N) is 1. The first-order valence-corrected chi connectivity index (χ1v) is 7.45. The molecule has 0 aliphatic carbocycles. The molecule has 0 saturated heterocycles.